The van der Waals surface area contributed by atoms with Gasteiger partial charge in [-0.05, 0) is 55.0 Å². The molecule has 1 atom stereocenters. The molecule has 3 heterocycles. The molecule has 0 bridgehead atoms. The Labute approximate surface area is 187 Å². The predicted octanol–water partition coefficient (Wildman–Crippen LogP) is 3.25. The van der Waals surface area contributed by atoms with E-state index in [2.05, 4.69) is 15.6 Å². The van der Waals surface area contributed by atoms with Crippen molar-refractivity contribution in [2.24, 2.45) is 0 Å². The highest BCUT2D eigenvalue weighted by Crippen LogP contribution is 2.32. The minimum Gasteiger partial charge on any atom is -0.454 e. The van der Waals surface area contributed by atoms with Crippen LogP contribution in [-0.4, -0.2) is 34.2 Å². The van der Waals surface area contributed by atoms with Crippen LogP contribution in [0, 0.1) is 0 Å². The molecule has 1 aliphatic heterocycles. The van der Waals surface area contributed by atoms with Crippen molar-refractivity contribution in [3.05, 3.63) is 72.1 Å². The van der Waals surface area contributed by atoms with Gasteiger partial charge in [0.15, 0.2) is 16.6 Å². The number of aromatic nitrogens is 2. The first-order chi connectivity index (χ1) is 15.6. The lowest BCUT2D eigenvalue weighted by Crippen LogP contribution is -2.44. The van der Waals surface area contributed by atoms with E-state index >= 15 is 0 Å². The second kappa shape index (κ2) is 8.35. The summed E-state index contributed by atoms with van der Waals surface area (Å²) in [7, 11) is 0. The van der Waals surface area contributed by atoms with Gasteiger partial charge < -0.3 is 24.7 Å². The number of hydrogen-bond donors (Lipinski definition) is 2. The van der Waals surface area contributed by atoms with E-state index in [-0.39, 0.29) is 18.6 Å². The summed E-state index contributed by atoms with van der Waals surface area (Å²) in [5.74, 6) is 0.772. The van der Waals surface area contributed by atoms with Gasteiger partial charge in [0.05, 0.1) is 10.2 Å². The van der Waals surface area contributed by atoms with Gasteiger partial charge in [-0.25, -0.2) is 4.98 Å². The third-order valence-corrected chi connectivity index (χ3v) is 6.14. The molecule has 0 saturated carbocycles. The predicted molar refractivity (Wildman–Crippen MR) is 120 cm³/mol. The average Bonchev–Trinajstić information content (AvgIpc) is 3.56. The summed E-state index contributed by atoms with van der Waals surface area (Å²) in [5, 5.41) is 6.42. The Morgan fingerprint density at radius 2 is 1.94 bits per heavy atom. The van der Waals surface area contributed by atoms with E-state index in [1.807, 2.05) is 53.4 Å². The zero-order valence-corrected chi connectivity index (χ0v) is 18.0. The fraction of sp³-hybridized carbons (Fsp3) is 0.174. The van der Waals surface area contributed by atoms with Crippen molar-refractivity contribution in [3.8, 4) is 16.6 Å². The molecule has 0 spiro atoms. The van der Waals surface area contributed by atoms with E-state index in [4.69, 9.17) is 9.47 Å². The van der Waals surface area contributed by atoms with Crippen LogP contribution in [0.15, 0.2) is 60.9 Å². The van der Waals surface area contributed by atoms with Crippen molar-refractivity contribution >= 4 is 33.4 Å². The fourth-order valence-corrected chi connectivity index (χ4v) is 4.34. The molecule has 1 unspecified atom stereocenters. The Bertz CT molecular complexity index is 1300. The number of nitrogens with zero attached hydrogens (tertiary/aromatic N) is 2. The molecular weight excluding hydrogens is 428 g/mol. The van der Waals surface area contributed by atoms with Crippen LogP contribution >= 0.6 is 11.3 Å². The maximum atomic E-state index is 12.7. The molecule has 1 aliphatic rings. The van der Waals surface area contributed by atoms with Gasteiger partial charge in [0, 0.05) is 24.5 Å². The molecule has 4 aromatic rings. The first-order valence-corrected chi connectivity index (χ1v) is 10.9. The van der Waals surface area contributed by atoms with Gasteiger partial charge in [-0.3, -0.25) is 9.59 Å². The van der Waals surface area contributed by atoms with E-state index in [9.17, 15) is 9.59 Å². The number of amides is 2. The van der Waals surface area contributed by atoms with Gasteiger partial charge in [-0.15, -0.1) is 0 Å². The third kappa shape index (κ3) is 4.02. The van der Waals surface area contributed by atoms with Crippen molar-refractivity contribution < 1.29 is 19.1 Å². The number of carbonyl (C=O) groups is 2. The standard InChI is InChI=1S/C23H20N4O4S/c1-14(21(28)24-12-15-4-7-18-19(10-15)31-13-30-18)25-22(29)16-5-6-17-20(11-16)32-23(26-17)27-8-2-3-9-27/h2-11,14H,12-13H2,1H3,(H,24,28)(H,25,29). The molecule has 32 heavy (non-hydrogen) atoms. The van der Waals surface area contributed by atoms with Crippen LogP contribution < -0.4 is 20.1 Å². The van der Waals surface area contributed by atoms with Crippen molar-refractivity contribution in [1.82, 2.24) is 20.2 Å². The van der Waals surface area contributed by atoms with E-state index in [1.54, 1.807) is 19.1 Å². The molecule has 2 aromatic carbocycles. The molecule has 0 radical (unpaired) electrons. The van der Waals surface area contributed by atoms with Gasteiger partial charge in [0.1, 0.15) is 6.04 Å². The van der Waals surface area contributed by atoms with Crippen LogP contribution in [0.1, 0.15) is 22.8 Å². The lowest BCUT2D eigenvalue weighted by molar-refractivity contribution is -0.122. The summed E-state index contributed by atoms with van der Waals surface area (Å²) in [6.07, 6.45) is 3.85. The lowest BCUT2D eigenvalue weighted by atomic mass is 10.1. The second-order valence-electron chi connectivity index (χ2n) is 7.37. The fourth-order valence-electron chi connectivity index (χ4n) is 3.36. The molecule has 2 N–H and O–H groups in total. The summed E-state index contributed by atoms with van der Waals surface area (Å²) in [6, 6.07) is 14.0. The summed E-state index contributed by atoms with van der Waals surface area (Å²) >= 11 is 1.50. The number of ether oxygens (including phenoxy) is 2. The van der Waals surface area contributed by atoms with Crippen molar-refractivity contribution in [2.45, 2.75) is 19.5 Å². The number of nitrogens with one attached hydrogen (secondary N) is 2. The monoisotopic (exact) mass is 448 g/mol. The molecule has 0 saturated heterocycles. The van der Waals surface area contributed by atoms with Crippen LogP contribution in [0.3, 0.4) is 0 Å². The highest BCUT2D eigenvalue weighted by atomic mass is 32.1. The number of benzene rings is 2. The largest absolute Gasteiger partial charge is 0.454 e. The molecule has 162 valence electrons. The second-order valence-corrected chi connectivity index (χ2v) is 8.38. The van der Waals surface area contributed by atoms with E-state index in [0.29, 0.717) is 23.6 Å². The Balaban J connectivity index is 1.21. The van der Waals surface area contributed by atoms with Crippen LogP contribution in [0.25, 0.3) is 15.3 Å². The molecule has 0 aliphatic carbocycles. The van der Waals surface area contributed by atoms with Gasteiger partial charge in [0.2, 0.25) is 12.7 Å². The number of rotatable bonds is 6. The first kappa shape index (κ1) is 20.1. The number of fused-ring (bicyclic) bond motifs is 2. The molecule has 2 amide bonds. The summed E-state index contributed by atoms with van der Waals surface area (Å²) < 4.78 is 13.5. The Morgan fingerprint density at radius 1 is 1.12 bits per heavy atom. The summed E-state index contributed by atoms with van der Waals surface area (Å²) in [6.45, 7) is 2.18. The summed E-state index contributed by atoms with van der Waals surface area (Å²) in [5.41, 5.74) is 2.19. The Hall–Kier alpha value is -3.85. The maximum Gasteiger partial charge on any atom is 0.251 e. The highest BCUT2D eigenvalue weighted by molar-refractivity contribution is 7.20. The average molecular weight is 449 g/mol. The zero-order chi connectivity index (χ0) is 22.1. The first-order valence-electron chi connectivity index (χ1n) is 10.1. The number of thiazole rings is 1. The SMILES string of the molecule is CC(NC(=O)c1ccc2nc(-n3cccc3)sc2c1)C(=O)NCc1ccc2c(c1)OCO2. The van der Waals surface area contributed by atoms with Crippen LogP contribution in [-0.2, 0) is 11.3 Å². The molecular formula is C23H20N4O4S. The Morgan fingerprint density at radius 3 is 2.78 bits per heavy atom. The number of carbonyl (C=O) groups excluding carboxylic acids is 2. The van der Waals surface area contributed by atoms with Gasteiger partial charge >= 0.3 is 0 Å². The van der Waals surface area contributed by atoms with Gasteiger partial charge in [-0.1, -0.05) is 17.4 Å². The highest BCUT2D eigenvalue weighted by Gasteiger charge is 2.18. The third-order valence-electron chi connectivity index (χ3n) is 5.11. The van der Waals surface area contributed by atoms with E-state index in [1.165, 1.54) is 11.3 Å². The molecule has 5 rings (SSSR count). The molecule has 2 aromatic heterocycles. The molecule has 8 nitrogen and oxygen atoms in total. The Kier molecular flexibility index (Phi) is 5.24. The minimum atomic E-state index is -0.691. The molecule has 9 heteroatoms. The number of hydrogen-bond acceptors (Lipinski definition) is 6. The topological polar surface area (TPSA) is 94.5 Å². The van der Waals surface area contributed by atoms with Crippen LogP contribution in [0.4, 0.5) is 0 Å². The minimum absolute atomic E-state index is 0.204. The summed E-state index contributed by atoms with van der Waals surface area (Å²) in [4.78, 5) is 29.8. The zero-order valence-electron chi connectivity index (χ0n) is 17.2. The maximum absolute atomic E-state index is 12.7. The molecule has 0 fully saturated rings. The lowest BCUT2D eigenvalue weighted by Gasteiger charge is -2.14. The van der Waals surface area contributed by atoms with Gasteiger partial charge in [-0.2, -0.15) is 0 Å². The van der Waals surface area contributed by atoms with Crippen molar-refractivity contribution in [1.29, 1.82) is 0 Å². The smallest absolute Gasteiger partial charge is 0.251 e. The van der Waals surface area contributed by atoms with E-state index < -0.39 is 6.04 Å². The van der Waals surface area contributed by atoms with Gasteiger partial charge in [0.25, 0.3) is 5.91 Å². The van der Waals surface area contributed by atoms with E-state index in [0.717, 1.165) is 20.9 Å². The van der Waals surface area contributed by atoms with Crippen LogP contribution in [0.2, 0.25) is 0 Å². The van der Waals surface area contributed by atoms with Crippen molar-refractivity contribution in [2.75, 3.05) is 6.79 Å². The van der Waals surface area contributed by atoms with Crippen molar-refractivity contribution in [3.63, 3.8) is 0 Å². The quantitative estimate of drug-likeness (QED) is 0.472. The van der Waals surface area contributed by atoms with Crippen LogP contribution in [0.5, 0.6) is 11.5 Å². The normalized spacial score (nSPS) is 13.2.